The van der Waals surface area contributed by atoms with Crippen molar-refractivity contribution in [3.63, 3.8) is 0 Å². The summed E-state index contributed by atoms with van der Waals surface area (Å²) in [6.07, 6.45) is 0.764. The predicted molar refractivity (Wildman–Crippen MR) is 93.3 cm³/mol. The molecule has 6 heteroatoms. The number of nitrogens with zero attached hydrogens (tertiary/aromatic N) is 2. The van der Waals surface area contributed by atoms with Crippen LogP contribution in [0.25, 0.3) is 10.9 Å². The van der Waals surface area contributed by atoms with Crippen molar-refractivity contribution < 1.29 is 8.42 Å². The summed E-state index contributed by atoms with van der Waals surface area (Å²) in [5.74, 6) is 0. The Kier molecular flexibility index (Phi) is 3.37. The first-order valence-corrected chi connectivity index (χ1v) is 9.86. The fourth-order valence-electron chi connectivity index (χ4n) is 3.37. The lowest BCUT2D eigenvalue weighted by molar-refractivity contribution is 0.384. The van der Waals surface area contributed by atoms with Crippen LogP contribution >= 0.6 is 11.3 Å². The number of hydrogen-bond donors (Lipinski definition) is 0. The van der Waals surface area contributed by atoms with E-state index in [1.165, 1.54) is 27.8 Å². The van der Waals surface area contributed by atoms with Gasteiger partial charge in [0.2, 0.25) is 0 Å². The highest BCUT2D eigenvalue weighted by Gasteiger charge is 2.31. The van der Waals surface area contributed by atoms with E-state index in [2.05, 4.69) is 16.7 Å². The highest BCUT2D eigenvalue weighted by Crippen LogP contribution is 2.33. The van der Waals surface area contributed by atoms with E-state index >= 15 is 0 Å². The van der Waals surface area contributed by atoms with Crippen molar-refractivity contribution in [3.05, 3.63) is 52.5 Å². The molecule has 0 saturated carbocycles. The summed E-state index contributed by atoms with van der Waals surface area (Å²) in [4.78, 5) is 1.02. The van der Waals surface area contributed by atoms with E-state index in [1.807, 2.05) is 32.2 Å². The zero-order valence-corrected chi connectivity index (χ0v) is 14.7. The summed E-state index contributed by atoms with van der Waals surface area (Å²) < 4.78 is 29.9. The zero-order chi connectivity index (χ0) is 16.2. The predicted octanol–water partition coefficient (Wildman–Crippen LogP) is 3.30. The van der Waals surface area contributed by atoms with E-state index in [0.29, 0.717) is 17.3 Å². The first kappa shape index (κ1) is 14.9. The van der Waals surface area contributed by atoms with E-state index in [4.69, 9.17) is 0 Å². The lowest BCUT2D eigenvalue weighted by atomic mass is 10.1. The van der Waals surface area contributed by atoms with Gasteiger partial charge in [-0.2, -0.15) is 4.31 Å². The van der Waals surface area contributed by atoms with Gasteiger partial charge >= 0.3 is 0 Å². The first-order chi connectivity index (χ1) is 11.0. The molecule has 0 fully saturated rings. The van der Waals surface area contributed by atoms with Crippen molar-refractivity contribution in [2.24, 2.45) is 7.05 Å². The molecule has 0 unspecified atom stereocenters. The highest BCUT2D eigenvalue weighted by atomic mass is 32.2. The molecule has 23 heavy (non-hydrogen) atoms. The Morgan fingerprint density at radius 1 is 1.13 bits per heavy atom. The second kappa shape index (κ2) is 5.19. The Bertz CT molecular complexity index is 999. The van der Waals surface area contributed by atoms with Crippen LogP contribution in [0.1, 0.15) is 16.1 Å². The van der Waals surface area contributed by atoms with Crippen LogP contribution in [0.15, 0.2) is 40.6 Å². The average molecular weight is 346 g/mol. The monoisotopic (exact) mass is 346 g/mol. The highest BCUT2D eigenvalue weighted by molar-refractivity contribution is 7.91. The molecule has 0 bridgehead atoms. The molecule has 0 amide bonds. The summed E-state index contributed by atoms with van der Waals surface area (Å²) in [6.45, 7) is 2.92. The van der Waals surface area contributed by atoms with Crippen LogP contribution in [0.3, 0.4) is 0 Å². The van der Waals surface area contributed by atoms with E-state index in [1.54, 1.807) is 10.4 Å². The molecule has 0 saturated heterocycles. The number of rotatable bonds is 2. The molecule has 2 aromatic heterocycles. The van der Waals surface area contributed by atoms with Gasteiger partial charge in [0.15, 0.2) is 0 Å². The number of aryl methyl sites for hydroxylation is 2. The molecule has 4 rings (SSSR count). The molecule has 0 radical (unpaired) electrons. The van der Waals surface area contributed by atoms with Crippen molar-refractivity contribution in [2.45, 2.75) is 24.1 Å². The number of thiophene rings is 1. The van der Waals surface area contributed by atoms with Crippen LogP contribution in [-0.4, -0.2) is 23.8 Å². The molecule has 0 aliphatic carbocycles. The molecule has 3 heterocycles. The molecular formula is C17H18N2O2S2. The van der Waals surface area contributed by atoms with Crippen LogP contribution in [0.2, 0.25) is 0 Å². The standard InChI is InChI=1S/C17H18N2O2S2/c1-12-7-8-17(22-12)23(20,21)19-10-9-14-13-5-3-4-6-15(13)18(2)16(14)11-19/h3-8H,9-11H2,1-2H3. The van der Waals surface area contributed by atoms with Crippen LogP contribution in [0.5, 0.6) is 0 Å². The largest absolute Gasteiger partial charge is 0.346 e. The number of benzene rings is 1. The zero-order valence-electron chi connectivity index (χ0n) is 13.1. The molecular weight excluding hydrogens is 328 g/mol. The third kappa shape index (κ3) is 2.24. The maximum Gasteiger partial charge on any atom is 0.252 e. The summed E-state index contributed by atoms with van der Waals surface area (Å²) in [5.41, 5.74) is 3.56. The lowest BCUT2D eigenvalue weighted by Crippen LogP contribution is -2.36. The molecule has 0 spiro atoms. The Hall–Kier alpha value is -1.63. The number of hydrogen-bond acceptors (Lipinski definition) is 3. The fourth-order valence-corrected chi connectivity index (χ4v) is 6.21. The van der Waals surface area contributed by atoms with Gasteiger partial charge in [-0.3, -0.25) is 0 Å². The van der Waals surface area contributed by atoms with Crippen molar-refractivity contribution in [2.75, 3.05) is 6.54 Å². The van der Waals surface area contributed by atoms with Crippen LogP contribution < -0.4 is 0 Å². The Balaban J connectivity index is 1.77. The number of sulfonamides is 1. The Labute approximate surface area is 140 Å². The van der Waals surface area contributed by atoms with Gasteiger partial charge in [-0.05, 0) is 37.1 Å². The maximum absolute atomic E-state index is 12.9. The van der Waals surface area contributed by atoms with Gasteiger partial charge in [0.05, 0.1) is 6.54 Å². The van der Waals surface area contributed by atoms with Gasteiger partial charge in [0, 0.05) is 35.1 Å². The summed E-state index contributed by atoms with van der Waals surface area (Å²) >= 11 is 1.34. The minimum absolute atomic E-state index is 0.442. The quantitative estimate of drug-likeness (QED) is 0.714. The number of para-hydroxylation sites is 1. The summed E-state index contributed by atoms with van der Waals surface area (Å²) in [7, 11) is -1.38. The van der Waals surface area contributed by atoms with Crippen LogP contribution in [0.4, 0.5) is 0 Å². The topological polar surface area (TPSA) is 42.3 Å². The normalized spacial score (nSPS) is 15.9. The second-order valence-electron chi connectivity index (χ2n) is 5.96. The van der Waals surface area contributed by atoms with Gasteiger partial charge in [-0.25, -0.2) is 8.42 Å². The molecule has 1 aromatic carbocycles. The van der Waals surface area contributed by atoms with E-state index < -0.39 is 10.0 Å². The second-order valence-corrected chi connectivity index (χ2v) is 9.41. The van der Waals surface area contributed by atoms with Gasteiger partial charge in [0.25, 0.3) is 10.0 Å². The van der Waals surface area contributed by atoms with Crippen molar-refractivity contribution >= 4 is 32.3 Å². The minimum Gasteiger partial charge on any atom is -0.346 e. The molecule has 120 valence electrons. The number of fused-ring (bicyclic) bond motifs is 3. The SMILES string of the molecule is Cc1ccc(S(=O)(=O)N2CCc3c(n(C)c4ccccc34)C2)s1. The molecule has 0 atom stereocenters. The third-order valence-electron chi connectivity index (χ3n) is 4.59. The van der Waals surface area contributed by atoms with Gasteiger partial charge in [-0.1, -0.05) is 18.2 Å². The van der Waals surface area contributed by atoms with Gasteiger partial charge in [0.1, 0.15) is 4.21 Å². The fraction of sp³-hybridized carbons (Fsp3) is 0.294. The maximum atomic E-state index is 12.9. The number of aromatic nitrogens is 1. The van der Waals surface area contributed by atoms with E-state index in [-0.39, 0.29) is 0 Å². The lowest BCUT2D eigenvalue weighted by Gasteiger charge is -2.26. The Morgan fingerprint density at radius 3 is 2.65 bits per heavy atom. The molecule has 1 aliphatic heterocycles. The van der Waals surface area contributed by atoms with Gasteiger partial charge < -0.3 is 4.57 Å². The third-order valence-corrected chi connectivity index (χ3v) is 7.90. The van der Waals surface area contributed by atoms with E-state index in [0.717, 1.165) is 17.0 Å². The minimum atomic E-state index is -3.40. The molecule has 1 aliphatic rings. The smallest absolute Gasteiger partial charge is 0.252 e. The molecule has 3 aromatic rings. The van der Waals surface area contributed by atoms with Crippen molar-refractivity contribution in [3.8, 4) is 0 Å². The van der Waals surface area contributed by atoms with Gasteiger partial charge in [-0.15, -0.1) is 11.3 Å². The van der Waals surface area contributed by atoms with Crippen molar-refractivity contribution in [1.29, 1.82) is 0 Å². The van der Waals surface area contributed by atoms with Crippen molar-refractivity contribution in [1.82, 2.24) is 8.87 Å². The van der Waals surface area contributed by atoms with Crippen LogP contribution in [0, 0.1) is 6.92 Å². The average Bonchev–Trinajstić information content (AvgIpc) is 3.11. The molecule has 0 N–H and O–H groups in total. The van der Waals surface area contributed by atoms with Crippen LogP contribution in [-0.2, 0) is 30.0 Å². The Morgan fingerprint density at radius 2 is 1.91 bits per heavy atom. The summed E-state index contributed by atoms with van der Waals surface area (Å²) in [5, 5.41) is 1.24. The van der Waals surface area contributed by atoms with E-state index in [9.17, 15) is 8.42 Å². The first-order valence-electron chi connectivity index (χ1n) is 7.60. The molecule has 4 nitrogen and oxygen atoms in total. The summed E-state index contributed by atoms with van der Waals surface area (Å²) in [6, 6.07) is 11.9.